The van der Waals surface area contributed by atoms with Gasteiger partial charge in [-0.2, -0.15) is 4.58 Å². The van der Waals surface area contributed by atoms with E-state index in [1.165, 1.54) is 11.4 Å². The quantitative estimate of drug-likeness (QED) is 0.627. The second-order valence-electron chi connectivity index (χ2n) is 7.75. The van der Waals surface area contributed by atoms with Crippen molar-refractivity contribution >= 4 is 22.7 Å². The largest absolute Gasteiger partial charge is 0.359 e. The highest BCUT2D eigenvalue weighted by molar-refractivity contribution is 5.98. The highest BCUT2D eigenvalue weighted by atomic mass is 15.0. The summed E-state index contributed by atoms with van der Waals surface area (Å²) in [6.45, 7) is 16.3. The lowest BCUT2D eigenvalue weighted by molar-refractivity contribution is -0.433. The lowest BCUT2D eigenvalue weighted by atomic mass is 9.95. The van der Waals surface area contributed by atoms with Crippen molar-refractivity contribution in [2.24, 2.45) is 7.05 Å². The molecule has 150 valence electrons. The number of benzene rings is 1. The summed E-state index contributed by atoms with van der Waals surface area (Å²) >= 11 is 0. The summed E-state index contributed by atoms with van der Waals surface area (Å²) in [5.74, 6) is 0. The molecule has 0 fully saturated rings. The summed E-state index contributed by atoms with van der Waals surface area (Å²) in [6.07, 6.45) is 4.35. The van der Waals surface area contributed by atoms with Gasteiger partial charge in [-0.3, -0.25) is 0 Å². The first kappa shape index (κ1) is 20.5. The van der Waals surface area contributed by atoms with Gasteiger partial charge in [0.2, 0.25) is 5.70 Å². The zero-order chi connectivity index (χ0) is 21.3. The number of allylic oxidation sites excluding steroid dienone is 4. The minimum atomic E-state index is 0.893. The predicted molar refractivity (Wildman–Crippen MR) is 125 cm³/mol. The molecule has 0 amide bonds. The third kappa shape index (κ3) is 3.97. The minimum absolute atomic E-state index is 0.893. The van der Waals surface area contributed by atoms with Crippen LogP contribution in [0.25, 0.3) is 5.57 Å². The van der Waals surface area contributed by atoms with Gasteiger partial charge >= 0.3 is 0 Å². The number of aromatic nitrogens is 1. The number of nitrogens with one attached hydrogen (secondary N) is 2. The van der Waals surface area contributed by atoms with Crippen LogP contribution in [0.15, 0.2) is 72.7 Å². The van der Waals surface area contributed by atoms with Gasteiger partial charge in [0.05, 0.1) is 11.3 Å². The van der Waals surface area contributed by atoms with Crippen LogP contribution in [0.4, 0.5) is 11.4 Å². The van der Waals surface area contributed by atoms with Gasteiger partial charge in [-0.15, -0.1) is 0 Å². The van der Waals surface area contributed by atoms with E-state index in [9.17, 15) is 0 Å². The Hall–Kier alpha value is -3.27. The minimum Gasteiger partial charge on any atom is -0.359 e. The van der Waals surface area contributed by atoms with E-state index in [4.69, 9.17) is 0 Å². The van der Waals surface area contributed by atoms with Gasteiger partial charge in [0.1, 0.15) is 7.05 Å². The van der Waals surface area contributed by atoms with Crippen molar-refractivity contribution in [3.05, 3.63) is 89.7 Å². The maximum absolute atomic E-state index is 4.06. The molecule has 2 heterocycles. The molecule has 4 heteroatoms. The first-order chi connectivity index (χ1) is 13.7. The molecule has 1 aliphatic heterocycles. The molecule has 3 rings (SSSR count). The highest BCUT2D eigenvalue weighted by Gasteiger charge is 2.28. The Labute approximate surface area is 174 Å². The van der Waals surface area contributed by atoms with E-state index in [1.54, 1.807) is 0 Å². The maximum atomic E-state index is 4.06. The van der Waals surface area contributed by atoms with Gasteiger partial charge in [0.15, 0.2) is 5.71 Å². The Kier molecular flexibility index (Phi) is 5.64. The van der Waals surface area contributed by atoms with Crippen LogP contribution in [0.3, 0.4) is 0 Å². The van der Waals surface area contributed by atoms with Crippen molar-refractivity contribution in [1.82, 2.24) is 4.57 Å². The van der Waals surface area contributed by atoms with Gasteiger partial charge in [-0.25, -0.2) is 0 Å². The zero-order valence-corrected chi connectivity index (χ0v) is 18.4. The van der Waals surface area contributed by atoms with Crippen LogP contribution in [0.1, 0.15) is 37.7 Å². The van der Waals surface area contributed by atoms with E-state index >= 15 is 0 Å². The summed E-state index contributed by atoms with van der Waals surface area (Å²) in [7, 11) is 4.22. The van der Waals surface area contributed by atoms with E-state index in [0.29, 0.717) is 0 Å². The molecule has 0 atom stereocenters. The molecule has 4 nitrogen and oxygen atoms in total. The van der Waals surface area contributed by atoms with E-state index in [-0.39, 0.29) is 0 Å². The lowest BCUT2D eigenvalue weighted by Gasteiger charge is -2.21. The number of aryl methyl sites for hydroxylation is 1. The monoisotopic (exact) mass is 387 g/mol. The van der Waals surface area contributed by atoms with Crippen molar-refractivity contribution in [1.29, 1.82) is 0 Å². The first-order valence-electron chi connectivity index (χ1n) is 9.81. The molecule has 2 aromatic rings. The van der Waals surface area contributed by atoms with Crippen molar-refractivity contribution in [2.45, 2.75) is 27.7 Å². The summed E-state index contributed by atoms with van der Waals surface area (Å²) in [5, 5.41) is 6.91. The fourth-order valence-corrected chi connectivity index (χ4v) is 3.61. The summed E-state index contributed by atoms with van der Waals surface area (Å²) in [5.41, 5.74) is 10.8. The predicted octanol–water partition coefficient (Wildman–Crippen LogP) is 5.66. The Bertz CT molecular complexity index is 1060. The molecule has 1 aromatic heterocycles. The Morgan fingerprint density at radius 3 is 1.93 bits per heavy atom. The number of anilines is 2. The van der Waals surface area contributed by atoms with Crippen LogP contribution in [-0.2, 0) is 7.05 Å². The molecule has 0 radical (unpaired) electrons. The van der Waals surface area contributed by atoms with Crippen LogP contribution >= 0.6 is 0 Å². The SMILES string of the molecule is C=C(C)Nc1cccc(NC(=C)C)c1C(=C1C=CC(C)=[N+]1C)c1ccc(C)n1C. The van der Waals surface area contributed by atoms with E-state index in [1.807, 2.05) is 19.9 Å². The molecule has 0 bridgehead atoms. The van der Waals surface area contributed by atoms with Crippen LogP contribution in [0.5, 0.6) is 0 Å². The van der Waals surface area contributed by atoms with Gasteiger partial charge in [0, 0.05) is 60.1 Å². The topological polar surface area (TPSA) is 32.0 Å². The van der Waals surface area contributed by atoms with Gasteiger partial charge < -0.3 is 15.2 Å². The number of rotatable bonds is 6. The van der Waals surface area contributed by atoms with E-state index in [2.05, 4.69) is 97.3 Å². The van der Waals surface area contributed by atoms with Gasteiger partial charge in [-0.05, 0) is 45.0 Å². The van der Waals surface area contributed by atoms with Crippen molar-refractivity contribution in [3.63, 3.8) is 0 Å². The highest BCUT2D eigenvalue weighted by Crippen LogP contribution is 2.40. The molecule has 0 aliphatic carbocycles. The van der Waals surface area contributed by atoms with Crippen LogP contribution in [0, 0.1) is 6.92 Å². The zero-order valence-electron chi connectivity index (χ0n) is 18.4. The molecule has 1 aliphatic rings. The van der Waals surface area contributed by atoms with Crippen LogP contribution in [-0.4, -0.2) is 21.9 Å². The second kappa shape index (κ2) is 8.00. The number of hydrogen-bond acceptors (Lipinski definition) is 2. The summed E-state index contributed by atoms with van der Waals surface area (Å²) in [4.78, 5) is 0. The van der Waals surface area contributed by atoms with E-state index < -0.39 is 0 Å². The Morgan fingerprint density at radius 1 is 0.931 bits per heavy atom. The molecule has 0 spiro atoms. The molecule has 1 aromatic carbocycles. The third-order valence-electron chi connectivity index (χ3n) is 5.27. The fourth-order valence-electron chi connectivity index (χ4n) is 3.61. The average Bonchev–Trinajstić information content (AvgIpc) is 3.14. The molecule has 2 N–H and O–H groups in total. The number of hydrogen-bond donors (Lipinski definition) is 2. The standard InChI is InChI=1S/C25H30N4/c1-16(2)26-20-10-9-11-21(27-17(3)4)24(20)25(22-14-12-18(5)28(22)7)23-15-13-19(6)29(23)8/h9-15H,1,3H2,2,4-8H3,(H,26,27)/p+1. The van der Waals surface area contributed by atoms with Gasteiger partial charge in [-0.1, -0.05) is 19.2 Å². The normalized spacial score (nSPS) is 15.0. The summed E-state index contributed by atoms with van der Waals surface area (Å²) < 4.78 is 4.47. The first-order valence-corrected chi connectivity index (χ1v) is 9.81. The molecule has 0 saturated carbocycles. The average molecular weight is 388 g/mol. The Morgan fingerprint density at radius 2 is 1.52 bits per heavy atom. The third-order valence-corrected chi connectivity index (χ3v) is 5.27. The molecule has 29 heavy (non-hydrogen) atoms. The molecular formula is C25H31N4+. The molecule has 0 saturated heterocycles. The lowest BCUT2D eigenvalue weighted by Crippen LogP contribution is -2.13. The molecule has 0 unspecified atom stereocenters. The van der Waals surface area contributed by atoms with Crippen molar-refractivity contribution in [2.75, 3.05) is 17.7 Å². The number of likely N-dealkylation sites (N-methyl/N-ethyl adjacent to an activating group) is 1. The number of nitrogens with zero attached hydrogens (tertiary/aromatic N) is 2. The Balaban J connectivity index is 2.42. The second-order valence-corrected chi connectivity index (χ2v) is 7.75. The van der Waals surface area contributed by atoms with Gasteiger partial charge in [0.25, 0.3) is 0 Å². The van der Waals surface area contributed by atoms with Crippen LogP contribution < -0.4 is 10.6 Å². The summed E-state index contributed by atoms with van der Waals surface area (Å²) in [6, 6.07) is 10.6. The molecular weight excluding hydrogens is 356 g/mol. The maximum Gasteiger partial charge on any atom is 0.215 e. The fraction of sp³-hybridized carbons (Fsp3) is 0.240. The van der Waals surface area contributed by atoms with Crippen LogP contribution in [0.2, 0.25) is 0 Å². The van der Waals surface area contributed by atoms with Crippen molar-refractivity contribution < 1.29 is 4.58 Å². The van der Waals surface area contributed by atoms with E-state index in [0.717, 1.165) is 45.3 Å². The van der Waals surface area contributed by atoms with Crippen molar-refractivity contribution in [3.8, 4) is 0 Å². The smallest absolute Gasteiger partial charge is 0.215 e.